The van der Waals surface area contributed by atoms with Gasteiger partial charge in [-0.3, -0.25) is 4.79 Å². The maximum atomic E-state index is 11.9. The molecule has 0 aliphatic heterocycles. The fraction of sp³-hybridized carbons (Fsp3) is 0.917. The van der Waals surface area contributed by atoms with E-state index in [1.807, 2.05) is 0 Å². The molecule has 0 spiro atoms. The van der Waals surface area contributed by atoms with Crippen molar-refractivity contribution in [3.05, 3.63) is 0 Å². The Bertz CT molecular complexity index is 232. The minimum Gasteiger partial charge on any atom is -0.356 e. The summed E-state index contributed by atoms with van der Waals surface area (Å²) in [6.45, 7) is 2.97. The van der Waals surface area contributed by atoms with Gasteiger partial charge in [0, 0.05) is 17.8 Å². The summed E-state index contributed by atoms with van der Waals surface area (Å²) in [6.07, 6.45) is 5.25. The van der Waals surface area contributed by atoms with E-state index in [1.165, 1.54) is 25.7 Å². The Morgan fingerprint density at radius 1 is 1.40 bits per heavy atom. The van der Waals surface area contributed by atoms with Crippen LogP contribution in [0.25, 0.3) is 0 Å². The summed E-state index contributed by atoms with van der Waals surface area (Å²) in [5, 5.41) is 4.05. The fourth-order valence-electron chi connectivity index (χ4n) is 2.83. The van der Waals surface area contributed by atoms with Crippen LogP contribution in [0.3, 0.4) is 0 Å². The zero-order chi connectivity index (χ0) is 10.8. The topological polar surface area (TPSA) is 29.1 Å². The van der Waals surface area contributed by atoms with Crippen LogP contribution < -0.4 is 5.32 Å². The molecule has 2 nitrogen and oxygen atoms in total. The highest BCUT2D eigenvalue weighted by atomic mass is 79.9. The highest BCUT2D eigenvalue weighted by Crippen LogP contribution is 2.55. The molecule has 2 rings (SSSR count). The number of carbonyl (C=O) groups is 1. The number of fused-ring (bicyclic) bond motifs is 1. The molecule has 0 aromatic rings. The predicted molar refractivity (Wildman–Crippen MR) is 64.9 cm³/mol. The summed E-state index contributed by atoms with van der Waals surface area (Å²) in [4.78, 5) is 11.9. The molecule has 0 radical (unpaired) electrons. The van der Waals surface area contributed by atoms with Crippen LogP contribution in [0.1, 0.15) is 32.6 Å². The molecule has 0 bridgehead atoms. The second kappa shape index (κ2) is 4.86. The van der Waals surface area contributed by atoms with Crippen molar-refractivity contribution in [3.8, 4) is 0 Å². The molecule has 0 heterocycles. The lowest BCUT2D eigenvalue weighted by Crippen LogP contribution is -2.30. The first kappa shape index (κ1) is 11.4. The number of alkyl halides is 1. The Kier molecular flexibility index (Phi) is 3.70. The molecule has 3 unspecified atom stereocenters. The first-order valence-electron chi connectivity index (χ1n) is 6.07. The Hall–Kier alpha value is -0.0500. The van der Waals surface area contributed by atoms with Crippen molar-refractivity contribution in [1.29, 1.82) is 0 Å². The molecular formula is C12H20BrNO. The Labute approximate surface area is 100 Å². The highest BCUT2D eigenvalue weighted by molar-refractivity contribution is 9.09. The molecule has 15 heavy (non-hydrogen) atoms. The van der Waals surface area contributed by atoms with Crippen molar-refractivity contribution >= 4 is 21.8 Å². The number of rotatable bonds is 4. The van der Waals surface area contributed by atoms with Crippen LogP contribution in [0.15, 0.2) is 0 Å². The maximum Gasteiger partial charge on any atom is 0.223 e. The third-order valence-corrected chi connectivity index (χ3v) is 4.95. The summed E-state index contributed by atoms with van der Waals surface area (Å²) in [5.41, 5.74) is 0. The second-order valence-electron chi connectivity index (χ2n) is 5.14. The van der Waals surface area contributed by atoms with E-state index >= 15 is 0 Å². The molecule has 3 atom stereocenters. The molecule has 2 aliphatic rings. The van der Waals surface area contributed by atoms with Crippen LogP contribution >= 0.6 is 15.9 Å². The quantitative estimate of drug-likeness (QED) is 0.784. The van der Waals surface area contributed by atoms with Crippen LogP contribution in [-0.4, -0.2) is 17.8 Å². The molecule has 2 fully saturated rings. The number of hydrogen-bond acceptors (Lipinski definition) is 1. The summed E-state index contributed by atoms with van der Waals surface area (Å²) >= 11 is 3.43. The molecule has 1 N–H and O–H groups in total. The monoisotopic (exact) mass is 273 g/mol. The Morgan fingerprint density at radius 3 is 2.53 bits per heavy atom. The zero-order valence-electron chi connectivity index (χ0n) is 9.34. The standard InChI is InChI=1S/C12H20BrNO/c1-8(6-13)7-14-12(15)11-9-4-2-3-5-10(9)11/h8-11H,2-7H2,1H3,(H,14,15). The van der Waals surface area contributed by atoms with Gasteiger partial charge in [-0.1, -0.05) is 35.7 Å². The van der Waals surface area contributed by atoms with Gasteiger partial charge in [0.25, 0.3) is 0 Å². The minimum atomic E-state index is 0.319. The highest BCUT2D eigenvalue weighted by Gasteiger charge is 2.54. The van der Waals surface area contributed by atoms with Gasteiger partial charge < -0.3 is 5.32 Å². The number of amides is 1. The van der Waals surface area contributed by atoms with E-state index in [1.54, 1.807) is 0 Å². The normalized spacial score (nSPS) is 35.5. The van der Waals surface area contributed by atoms with Crippen LogP contribution in [0.4, 0.5) is 0 Å². The number of hydrogen-bond donors (Lipinski definition) is 1. The maximum absolute atomic E-state index is 11.9. The molecule has 3 heteroatoms. The van der Waals surface area contributed by atoms with Crippen LogP contribution in [0.2, 0.25) is 0 Å². The van der Waals surface area contributed by atoms with E-state index in [-0.39, 0.29) is 0 Å². The summed E-state index contributed by atoms with van der Waals surface area (Å²) < 4.78 is 0. The van der Waals surface area contributed by atoms with Gasteiger partial charge in [-0.2, -0.15) is 0 Å². The molecule has 1 amide bonds. The largest absolute Gasteiger partial charge is 0.356 e. The summed E-state index contributed by atoms with van der Waals surface area (Å²) in [6, 6.07) is 0. The van der Waals surface area contributed by atoms with Gasteiger partial charge in [0.1, 0.15) is 0 Å². The van der Waals surface area contributed by atoms with Crippen LogP contribution in [0.5, 0.6) is 0 Å². The molecular weight excluding hydrogens is 254 g/mol. The minimum absolute atomic E-state index is 0.319. The molecule has 0 aromatic heterocycles. The van der Waals surface area contributed by atoms with Gasteiger partial charge in [0.2, 0.25) is 5.91 Å². The van der Waals surface area contributed by atoms with E-state index in [0.717, 1.165) is 23.7 Å². The van der Waals surface area contributed by atoms with Crippen molar-refractivity contribution in [2.75, 3.05) is 11.9 Å². The number of nitrogens with one attached hydrogen (secondary N) is 1. The van der Waals surface area contributed by atoms with Gasteiger partial charge in [-0.25, -0.2) is 0 Å². The molecule has 2 saturated carbocycles. The van der Waals surface area contributed by atoms with Gasteiger partial charge in [-0.15, -0.1) is 0 Å². The fourth-order valence-corrected chi connectivity index (χ4v) is 3.06. The first-order chi connectivity index (χ1) is 7.24. The Morgan fingerprint density at radius 2 is 2.00 bits per heavy atom. The van der Waals surface area contributed by atoms with Crippen molar-refractivity contribution < 1.29 is 4.79 Å². The molecule has 0 aromatic carbocycles. The van der Waals surface area contributed by atoms with Crippen molar-refractivity contribution in [2.24, 2.45) is 23.7 Å². The molecule has 86 valence electrons. The predicted octanol–water partition coefficient (Wildman–Crippen LogP) is 2.57. The number of carbonyl (C=O) groups excluding carboxylic acids is 1. The zero-order valence-corrected chi connectivity index (χ0v) is 10.9. The lowest BCUT2D eigenvalue weighted by molar-refractivity contribution is -0.123. The van der Waals surface area contributed by atoms with Crippen molar-refractivity contribution in [3.63, 3.8) is 0 Å². The van der Waals surface area contributed by atoms with E-state index in [4.69, 9.17) is 0 Å². The number of halogens is 1. The van der Waals surface area contributed by atoms with Gasteiger partial charge >= 0.3 is 0 Å². The third kappa shape index (κ3) is 2.55. The van der Waals surface area contributed by atoms with E-state index in [2.05, 4.69) is 28.2 Å². The van der Waals surface area contributed by atoms with Gasteiger partial charge in [0.05, 0.1) is 0 Å². The van der Waals surface area contributed by atoms with E-state index in [9.17, 15) is 4.79 Å². The molecule has 2 aliphatic carbocycles. The molecule has 0 saturated heterocycles. The summed E-state index contributed by atoms with van der Waals surface area (Å²) in [5.74, 6) is 2.69. The average Bonchev–Trinajstić information content (AvgIpc) is 2.99. The first-order valence-corrected chi connectivity index (χ1v) is 7.20. The van der Waals surface area contributed by atoms with Crippen LogP contribution in [0, 0.1) is 23.7 Å². The third-order valence-electron chi connectivity index (χ3n) is 3.85. The average molecular weight is 274 g/mol. The smallest absolute Gasteiger partial charge is 0.223 e. The lowest BCUT2D eigenvalue weighted by atomic mass is 10.0. The summed E-state index contributed by atoms with van der Waals surface area (Å²) in [7, 11) is 0. The SMILES string of the molecule is CC(CBr)CNC(=O)C1C2CCCCC21. The Balaban J connectivity index is 1.73. The van der Waals surface area contributed by atoms with Gasteiger partial charge in [-0.05, 0) is 30.6 Å². The van der Waals surface area contributed by atoms with Crippen molar-refractivity contribution in [1.82, 2.24) is 5.32 Å². The lowest BCUT2D eigenvalue weighted by Gasteiger charge is -2.09. The van der Waals surface area contributed by atoms with Crippen molar-refractivity contribution in [2.45, 2.75) is 32.6 Å². The van der Waals surface area contributed by atoms with E-state index in [0.29, 0.717) is 17.7 Å². The van der Waals surface area contributed by atoms with E-state index < -0.39 is 0 Å². The second-order valence-corrected chi connectivity index (χ2v) is 5.79. The van der Waals surface area contributed by atoms with Gasteiger partial charge in [0.15, 0.2) is 0 Å². The van der Waals surface area contributed by atoms with Crippen LogP contribution in [-0.2, 0) is 4.79 Å².